The van der Waals surface area contributed by atoms with Crippen molar-refractivity contribution in [3.8, 4) is 0 Å². The van der Waals surface area contributed by atoms with Gasteiger partial charge in [-0.1, -0.05) is 0 Å². The van der Waals surface area contributed by atoms with Crippen molar-refractivity contribution >= 4 is 22.3 Å². The van der Waals surface area contributed by atoms with Crippen LogP contribution < -0.4 is 5.32 Å². The first kappa shape index (κ1) is 13.2. The first-order valence-electron chi connectivity index (χ1n) is 5.67. The molecule has 19 heavy (non-hydrogen) atoms. The monoisotopic (exact) mass is 263 g/mol. The highest BCUT2D eigenvalue weighted by Crippen LogP contribution is 2.29. The highest BCUT2D eigenvalue weighted by Gasteiger charge is 2.16. The van der Waals surface area contributed by atoms with Gasteiger partial charge in [0.2, 0.25) is 0 Å². The number of nitrogens with one attached hydrogen (secondary N) is 1. The molecular weight excluding hydrogens is 250 g/mol. The second kappa shape index (κ2) is 5.59. The lowest BCUT2D eigenvalue weighted by Crippen LogP contribution is -2.27. The third-order valence-electron chi connectivity index (χ3n) is 2.75. The number of benzene rings is 1. The second-order valence-corrected chi connectivity index (χ2v) is 4.00. The summed E-state index contributed by atoms with van der Waals surface area (Å²) < 4.78 is 0. The molecule has 100 valence electrons. The zero-order valence-electron chi connectivity index (χ0n) is 9.98. The van der Waals surface area contributed by atoms with E-state index in [1.807, 2.05) is 0 Å². The van der Waals surface area contributed by atoms with Gasteiger partial charge in [0.05, 0.1) is 24.2 Å². The summed E-state index contributed by atoms with van der Waals surface area (Å²) >= 11 is 0. The van der Waals surface area contributed by atoms with Crippen molar-refractivity contribution < 1.29 is 15.1 Å². The lowest BCUT2D eigenvalue weighted by molar-refractivity contribution is -0.383. The van der Waals surface area contributed by atoms with Crippen molar-refractivity contribution in [1.29, 1.82) is 0 Å². The van der Waals surface area contributed by atoms with Gasteiger partial charge in [-0.05, 0) is 18.2 Å². The summed E-state index contributed by atoms with van der Waals surface area (Å²) in [5.74, 6) is 0. The predicted octanol–water partition coefficient (Wildman–Crippen LogP) is 0.908. The Hall–Kier alpha value is -2.25. The maximum absolute atomic E-state index is 10.9. The average Bonchev–Trinajstić information content (AvgIpc) is 2.44. The van der Waals surface area contributed by atoms with Gasteiger partial charge in [0.25, 0.3) is 5.69 Å². The number of anilines is 1. The minimum atomic E-state index is -0.523. The molecule has 0 aliphatic heterocycles. The number of rotatable bonds is 5. The lowest BCUT2D eigenvalue weighted by atomic mass is 10.1. The molecule has 0 aliphatic rings. The van der Waals surface area contributed by atoms with Crippen molar-refractivity contribution in [2.45, 2.75) is 6.04 Å². The zero-order chi connectivity index (χ0) is 13.8. The summed E-state index contributed by atoms with van der Waals surface area (Å²) in [5, 5.41) is 32.5. The number of nitro groups is 1. The smallest absolute Gasteiger partial charge is 0.295 e. The maximum Gasteiger partial charge on any atom is 0.295 e. The molecule has 0 saturated heterocycles. The summed E-state index contributed by atoms with van der Waals surface area (Å²) in [7, 11) is 0. The van der Waals surface area contributed by atoms with Gasteiger partial charge in [0.1, 0.15) is 5.52 Å². The summed E-state index contributed by atoms with van der Waals surface area (Å²) in [6, 6.07) is 5.74. The van der Waals surface area contributed by atoms with E-state index in [0.29, 0.717) is 11.1 Å². The van der Waals surface area contributed by atoms with Crippen LogP contribution >= 0.6 is 0 Å². The van der Waals surface area contributed by atoms with E-state index in [1.165, 1.54) is 12.3 Å². The van der Waals surface area contributed by atoms with E-state index in [-0.39, 0.29) is 24.4 Å². The van der Waals surface area contributed by atoms with Crippen LogP contribution in [0.5, 0.6) is 0 Å². The summed E-state index contributed by atoms with van der Waals surface area (Å²) in [6.07, 6.45) is 1.48. The van der Waals surface area contributed by atoms with Crippen molar-refractivity contribution in [3.63, 3.8) is 0 Å². The molecule has 0 aliphatic carbocycles. The predicted molar refractivity (Wildman–Crippen MR) is 70.0 cm³/mol. The molecular formula is C12H13N3O4. The van der Waals surface area contributed by atoms with Gasteiger partial charge in [-0.25, -0.2) is 4.98 Å². The molecule has 3 N–H and O–H groups in total. The molecule has 1 aromatic heterocycles. The summed E-state index contributed by atoms with van der Waals surface area (Å²) in [5.41, 5.74) is 0.777. The van der Waals surface area contributed by atoms with E-state index in [9.17, 15) is 10.1 Å². The number of aromatic nitrogens is 1. The molecule has 0 saturated carbocycles. The van der Waals surface area contributed by atoms with Gasteiger partial charge < -0.3 is 15.5 Å². The molecule has 0 unspecified atom stereocenters. The molecule has 0 fully saturated rings. The number of nitrogens with zero attached hydrogens (tertiary/aromatic N) is 2. The minimum absolute atomic E-state index is 0.0781. The van der Waals surface area contributed by atoms with Crippen LogP contribution in [-0.2, 0) is 0 Å². The Labute approximate surface area is 108 Å². The van der Waals surface area contributed by atoms with Gasteiger partial charge in [-0.3, -0.25) is 10.1 Å². The number of hydrogen-bond donors (Lipinski definition) is 3. The van der Waals surface area contributed by atoms with Crippen molar-refractivity contribution in [2.24, 2.45) is 0 Å². The molecule has 0 spiro atoms. The first-order chi connectivity index (χ1) is 9.17. The Balaban J connectivity index is 2.52. The Morgan fingerprint density at radius 2 is 2.05 bits per heavy atom. The fourth-order valence-corrected chi connectivity index (χ4v) is 1.80. The lowest BCUT2D eigenvalue weighted by Gasteiger charge is -2.16. The Kier molecular flexibility index (Phi) is 3.88. The third kappa shape index (κ3) is 2.61. The molecule has 2 rings (SSSR count). The molecule has 1 heterocycles. The zero-order valence-corrected chi connectivity index (χ0v) is 9.98. The molecule has 0 atom stereocenters. The topological polar surface area (TPSA) is 109 Å². The molecule has 0 amide bonds. The number of hydrogen-bond acceptors (Lipinski definition) is 6. The summed E-state index contributed by atoms with van der Waals surface area (Å²) in [6.45, 7) is -0.482. The quantitative estimate of drug-likeness (QED) is 0.546. The molecule has 7 nitrogen and oxygen atoms in total. The van der Waals surface area contributed by atoms with E-state index in [0.717, 1.165) is 0 Å². The van der Waals surface area contributed by atoms with Gasteiger partial charge >= 0.3 is 0 Å². The van der Waals surface area contributed by atoms with E-state index < -0.39 is 11.0 Å². The molecule has 0 radical (unpaired) electrons. The second-order valence-electron chi connectivity index (χ2n) is 4.00. The van der Waals surface area contributed by atoms with Crippen LogP contribution in [0, 0.1) is 10.1 Å². The number of pyridine rings is 1. The van der Waals surface area contributed by atoms with Crippen LogP contribution in [-0.4, -0.2) is 39.4 Å². The average molecular weight is 263 g/mol. The fourth-order valence-electron chi connectivity index (χ4n) is 1.80. The number of fused-ring (bicyclic) bond motifs is 1. The highest BCUT2D eigenvalue weighted by molar-refractivity contribution is 5.96. The Bertz CT molecular complexity index is 599. The fraction of sp³-hybridized carbons (Fsp3) is 0.250. The van der Waals surface area contributed by atoms with Gasteiger partial charge in [0.15, 0.2) is 0 Å². The van der Waals surface area contributed by atoms with Gasteiger partial charge in [0, 0.05) is 23.3 Å². The standard InChI is InChI=1S/C12H13N3O4/c16-6-8(7-17)14-10-3-4-11(15(18)19)12-9(10)2-1-5-13-12/h1-5,8,14,16-17H,6-7H2. The van der Waals surface area contributed by atoms with Crippen LogP contribution in [0.15, 0.2) is 30.5 Å². The van der Waals surface area contributed by atoms with E-state index in [2.05, 4.69) is 10.3 Å². The van der Waals surface area contributed by atoms with Crippen LogP contribution in [0.3, 0.4) is 0 Å². The van der Waals surface area contributed by atoms with E-state index in [4.69, 9.17) is 10.2 Å². The SMILES string of the molecule is O=[N+]([O-])c1ccc(NC(CO)CO)c2cccnc12. The van der Waals surface area contributed by atoms with Crippen LogP contribution in [0.1, 0.15) is 0 Å². The van der Waals surface area contributed by atoms with Gasteiger partial charge in [-0.2, -0.15) is 0 Å². The molecule has 2 aromatic rings. The minimum Gasteiger partial charge on any atom is -0.394 e. The number of aliphatic hydroxyl groups excluding tert-OH is 2. The van der Waals surface area contributed by atoms with Crippen LogP contribution in [0.25, 0.3) is 10.9 Å². The normalized spacial score (nSPS) is 10.9. The highest BCUT2D eigenvalue weighted by atomic mass is 16.6. The number of aliphatic hydroxyl groups is 2. The van der Waals surface area contributed by atoms with Crippen molar-refractivity contribution in [2.75, 3.05) is 18.5 Å². The molecule has 7 heteroatoms. The molecule has 1 aromatic carbocycles. The number of nitro benzene ring substituents is 1. The Morgan fingerprint density at radius 3 is 2.68 bits per heavy atom. The maximum atomic E-state index is 10.9. The van der Waals surface area contributed by atoms with E-state index >= 15 is 0 Å². The van der Waals surface area contributed by atoms with E-state index in [1.54, 1.807) is 18.2 Å². The van der Waals surface area contributed by atoms with Crippen molar-refractivity contribution in [3.05, 3.63) is 40.6 Å². The van der Waals surface area contributed by atoms with Crippen LogP contribution in [0.2, 0.25) is 0 Å². The van der Waals surface area contributed by atoms with Crippen LogP contribution in [0.4, 0.5) is 11.4 Å². The number of non-ortho nitro benzene ring substituents is 1. The Morgan fingerprint density at radius 1 is 1.32 bits per heavy atom. The van der Waals surface area contributed by atoms with Gasteiger partial charge in [-0.15, -0.1) is 0 Å². The van der Waals surface area contributed by atoms with Crippen molar-refractivity contribution in [1.82, 2.24) is 4.98 Å². The summed E-state index contributed by atoms with van der Waals surface area (Å²) in [4.78, 5) is 14.4. The third-order valence-corrected chi connectivity index (χ3v) is 2.75. The largest absolute Gasteiger partial charge is 0.394 e. The molecule has 0 bridgehead atoms. The first-order valence-corrected chi connectivity index (χ1v) is 5.67.